The number of allylic oxidation sites excluding steroid dienone is 1. The minimum absolute atomic E-state index is 1.04. The fourth-order valence-corrected chi connectivity index (χ4v) is 3.00. The molecule has 3 aliphatic rings. The van der Waals surface area contributed by atoms with E-state index in [-0.39, 0.29) is 0 Å². The predicted molar refractivity (Wildman–Crippen MR) is 79.2 cm³/mol. The van der Waals surface area contributed by atoms with E-state index >= 15 is 0 Å². The zero-order valence-corrected chi connectivity index (χ0v) is 10.7. The lowest BCUT2D eigenvalue weighted by molar-refractivity contribution is 1.07. The highest BCUT2D eigenvalue weighted by Crippen LogP contribution is 2.31. The Morgan fingerprint density at radius 3 is 2.84 bits per heavy atom. The maximum atomic E-state index is 3.37. The molecule has 1 heteroatoms. The monoisotopic (exact) mass is 245 g/mol. The van der Waals surface area contributed by atoms with Crippen LogP contribution in [0, 0.1) is 0 Å². The largest absolute Gasteiger partial charge is 0.361 e. The van der Waals surface area contributed by atoms with E-state index in [4.69, 9.17) is 0 Å². The Balaban J connectivity index is 1.64. The van der Waals surface area contributed by atoms with Crippen LogP contribution in [-0.4, -0.2) is 4.98 Å². The number of pyridine rings is 1. The first-order valence-electron chi connectivity index (χ1n) is 6.72. The Hall–Kier alpha value is -2.28. The number of H-pyrrole nitrogens is 1. The molecule has 0 fully saturated rings. The molecule has 1 aromatic carbocycles. The van der Waals surface area contributed by atoms with Crippen molar-refractivity contribution < 1.29 is 0 Å². The van der Waals surface area contributed by atoms with Crippen molar-refractivity contribution in [1.29, 1.82) is 0 Å². The number of nitrogens with one attached hydrogen (secondary N) is 1. The minimum atomic E-state index is 1.04. The van der Waals surface area contributed by atoms with E-state index in [1.165, 1.54) is 33.5 Å². The summed E-state index contributed by atoms with van der Waals surface area (Å²) in [6.45, 7) is 0. The molecule has 1 N–H and O–H groups in total. The van der Waals surface area contributed by atoms with Gasteiger partial charge in [0.25, 0.3) is 0 Å². The molecule has 0 saturated heterocycles. The van der Waals surface area contributed by atoms with Crippen molar-refractivity contribution in [2.45, 2.75) is 12.8 Å². The zero-order chi connectivity index (χ0) is 12.7. The van der Waals surface area contributed by atoms with E-state index in [0.29, 0.717) is 0 Å². The number of rotatable bonds is 2. The van der Waals surface area contributed by atoms with Gasteiger partial charge in [0, 0.05) is 11.9 Å². The van der Waals surface area contributed by atoms with Gasteiger partial charge in [0.2, 0.25) is 0 Å². The summed E-state index contributed by atoms with van der Waals surface area (Å²) >= 11 is 0. The van der Waals surface area contributed by atoms with E-state index in [1.54, 1.807) is 0 Å². The standard InChI is InChI=1S/C18H15N/c1-2-5-16-11-13(10-15(16)4-1)12-17-8-7-14-6-3-9-19-18(14)17/h1-10,19H,11-12H2. The molecule has 0 amide bonds. The van der Waals surface area contributed by atoms with Crippen LogP contribution in [0.3, 0.4) is 0 Å². The zero-order valence-electron chi connectivity index (χ0n) is 10.7. The highest BCUT2D eigenvalue weighted by atomic mass is 14.7. The molecule has 1 nitrogen and oxygen atoms in total. The van der Waals surface area contributed by atoms with Gasteiger partial charge in [0.15, 0.2) is 0 Å². The van der Waals surface area contributed by atoms with Crippen molar-refractivity contribution >= 4 is 6.08 Å². The molecule has 0 aromatic heterocycles. The Kier molecular flexibility index (Phi) is 2.31. The summed E-state index contributed by atoms with van der Waals surface area (Å²) in [4.78, 5) is 3.37. The van der Waals surface area contributed by atoms with Crippen LogP contribution in [-0.2, 0) is 12.8 Å². The van der Waals surface area contributed by atoms with Gasteiger partial charge < -0.3 is 4.98 Å². The average molecular weight is 245 g/mol. The average Bonchev–Trinajstić information content (AvgIpc) is 3.03. The van der Waals surface area contributed by atoms with Crippen molar-refractivity contribution in [3.05, 3.63) is 77.0 Å². The topological polar surface area (TPSA) is 15.8 Å². The van der Waals surface area contributed by atoms with Crippen LogP contribution in [0.25, 0.3) is 17.3 Å². The fraction of sp³-hybridized carbons (Fsp3) is 0.111. The summed E-state index contributed by atoms with van der Waals surface area (Å²) in [5.74, 6) is 0. The molecule has 0 atom stereocenters. The second-order valence-corrected chi connectivity index (χ2v) is 5.21. The minimum Gasteiger partial charge on any atom is -0.361 e. The van der Waals surface area contributed by atoms with Gasteiger partial charge in [0.05, 0.1) is 0 Å². The van der Waals surface area contributed by atoms with E-state index in [9.17, 15) is 0 Å². The second-order valence-electron chi connectivity index (χ2n) is 5.21. The number of benzene rings is 1. The summed E-state index contributed by atoms with van der Waals surface area (Å²) in [5.41, 5.74) is 8.32. The number of hydrogen-bond donors (Lipinski definition) is 1. The van der Waals surface area contributed by atoms with Gasteiger partial charge in [-0.3, -0.25) is 0 Å². The van der Waals surface area contributed by atoms with Gasteiger partial charge in [-0.05, 0) is 41.2 Å². The lowest BCUT2D eigenvalue weighted by Gasteiger charge is -2.05. The Labute approximate surface area is 112 Å². The summed E-state index contributed by atoms with van der Waals surface area (Å²) in [5, 5.41) is 0. The van der Waals surface area contributed by atoms with Gasteiger partial charge in [0.1, 0.15) is 0 Å². The molecule has 4 rings (SSSR count). The molecule has 0 radical (unpaired) electrons. The van der Waals surface area contributed by atoms with Crippen LogP contribution in [0.2, 0.25) is 0 Å². The van der Waals surface area contributed by atoms with Crippen LogP contribution >= 0.6 is 0 Å². The molecule has 0 saturated carbocycles. The van der Waals surface area contributed by atoms with Crippen molar-refractivity contribution in [3.8, 4) is 11.3 Å². The van der Waals surface area contributed by atoms with Crippen LogP contribution in [0.5, 0.6) is 0 Å². The van der Waals surface area contributed by atoms with Crippen molar-refractivity contribution in [1.82, 2.24) is 4.98 Å². The van der Waals surface area contributed by atoms with Gasteiger partial charge >= 0.3 is 0 Å². The number of fused-ring (bicyclic) bond motifs is 2. The molecule has 0 bridgehead atoms. The number of aromatic nitrogens is 1. The maximum absolute atomic E-state index is 3.37. The molecule has 1 heterocycles. The van der Waals surface area contributed by atoms with Crippen molar-refractivity contribution in [2.24, 2.45) is 0 Å². The second kappa shape index (κ2) is 4.13. The summed E-state index contributed by atoms with van der Waals surface area (Å²) < 4.78 is 0. The number of aromatic amines is 1. The van der Waals surface area contributed by atoms with Gasteiger partial charge in [-0.15, -0.1) is 0 Å². The maximum Gasteiger partial charge on any atom is 0.0489 e. The van der Waals surface area contributed by atoms with E-state index in [0.717, 1.165) is 12.8 Å². The lowest BCUT2D eigenvalue weighted by Crippen LogP contribution is -1.92. The third-order valence-corrected chi connectivity index (χ3v) is 3.92. The SMILES string of the molecule is C1=C(Cc2ccc3ccc[nH]c2-3)Cc2ccccc21. The summed E-state index contributed by atoms with van der Waals surface area (Å²) in [6.07, 6.45) is 6.48. The van der Waals surface area contributed by atoms with Crippen molar-refractivity contribution in [3.63, 3.8) is 0 Å². The molecule has 1 aliphatic heterocycles. The molecule has 1 aromatic rings. The molecular weight excluding hydrogens is 230 g/mol. The fourth-order valence-electron chi connectivity index (χ4n) is 3.00. The number of hydrogen-bond acceptors (Lipinski definition) is 0. The first kappa shape index (κ1) is 10.6. The third kappa shape index (κ3) is 1.78. The van der Waals surface area contributed by atoms with E-state index in [2.05, 4.69) is 59.6 Å². The van der Waals surface area contributed by atoms with Crippen molar-refractivity contribution in [2.75, 3.05) is 0 Å². The smallest absolute Gasteiger partial charge is 0.0489 e. The first-order chi connectivity index (χ1) is 9.40. The molecule has 0 spiro atoms. The molecular formula is C18H15N. The molecule has 19 heavy (non-hydrogen) atoms. The van der Waals surface area contributed by atoms with Crippen LogP contribution in [0.15, 0.2) is 60.3 Å². The lowest BCUT2D eigenvalue weighted by atomic mass is 10.0. The first-order valence-corrected chi connectivity index (χ1v) is 6.72. The van der Waals surface area contributed by atoms with Gasteiger partial charge in [-0.2, -0.15) is 0 Å². The highest BCUT2D eigenvalue weighted by Gasteiger charge is 2.15. The Morgan fingerprint density at radius 2 is 1.89 bits per heavy atom. The van der Waals surface area contributed by atoms with E-state index < -0.39 is 0 Å². The summed E-state index contributed by atoms with van der Waals surface area (Å²) in [7, 11) is 0. The normalized spacial score (nSPS) is 13.6. The molecule has 0 unspecified atom stereocenters. The van der Waals surface area contributed by atoms with Gasteiger partial charge in [-0.1, -0.05) is 54.1 Å². The van der Waals surface area contributed by atoms with Crippen LogP contribution in [0.1, 0.15) is 16.7 Å². The van der Waals surface area contributed by atoms with Crippen LogP contribution < -0.4 is 0 Å². The predicted octanol–water partition coefficient (Wildman–Crippen LogP) is 4.30. The highest BCUT2D eigenvalue weighted by molar-refractivity contribution is 5.70. The molecule has 2 aliphatic carbocycles. The van der Waals surface area contributed by atoms with E-state index in [1.807, 2.05) is 6.20 Å². The Morgan fingerprint density at radius 1 is 0.947 bits per heavy atom. The summed E-state index contributed by atoms with van der Waals surface area (Å²) in [6, 6.07) is 17.3. The van der Waals surface area contributed by atoms with Crippen LogP contribution in [0.4, 0.5) is 0 Å². The third-order valence-electron chi connectivity index (χ3n) is 3.92. The molecule has 92 valence electrons. The van der Waals surface area contributed by atoms with Gasteiger partial charge in [-0.25, -0.2) is 0 Å². The quantitative estimate of drug-likeness (QED) is 0.692. The Bertz CT molecular complexity index is 733.